The summed E-state index contributed by atoms with van der Waals surface area (Å²) in [5.41, 5.74) is 0.172. The van der Waals surface area contributed by atoms with Crippen molar-refractivity contribution in [1.82, 2.24) is 5.32 Å². The van der Waals surface area contributed by atoms with Crippen LogP contribution in [0.25, 0.3) is 0 Å². The summed E-state index contributed by atoms with van der Waals surface area (Å²) in [7, 11) is 0. The molecule has 0 atom stereocenters. The van der Waals surface area contributed by atoms with Crippen LogP contribution in [0.2, 0.25) is 0 Å². The van der Waals surface area contributed by atoms with Gasteiger partial charge in [-0.25, -0.2) is 0 Å². The molecule has 0 unspecified atom stereocenters. The van der Waals surface area contributed by atoms with Crippen LogP contribution in [0.15, 0.2) is 0 Å². The Balaban J connectivity index is 1.50. The van der Waals surface area contributed by atoms with Crippen molar-refractivity contribution >= 4 is 0 Å². The van der Waals surface area contributed by atoms with Crippen molar-refractivity contribution in [2.24, 2.45) is 11.8 Å². The fourth-order valence-electron chi connectivity index (χ4n) is 4.25. The van der Waals surface area contributed by atoms with E-state index >= 15 is 0 Å². The fourth-order valence-corrected chi connectivity index (χ4v) is 4.25. The van der Waals surface area contributed by atoms with Gasteiger partial charge in [-0.2, -0.15) is 0 Å². The maximum absolute atomic E-state index is 6.62. The largest absolute Gasteiger partial charge is 0.373 e. The first-order valence-corrected chi connectivity index (χ1v) is 9.67. The lowest BCUT2D eigenvalue weighted by atomic mass is 9.77. The minimum Gasteiger partial charge on any atom is -0.373 e. The third kappa shape index (κ3) is 4.69. The van der Waals surface area contributed by atoms with E-state index in [1.54, 1.807) is 0 Å². The van der Waals surface area contributed by atoms with Crippen LogP contribution in [0, 0.1) is 11.8 Å². The van der Waals surface area contributed by atoms with E-state index < -0.39 is 0 Å². The lowest BCUT2D eigenvalue weighted by molar-refractivity contribution is -0.0922. The number of hydrogen-bond acceptors (Lipinski definition) is 2. The second-order valence-electron chi connectivity index (χ2n) is 8.00. The minimum atomic E-state index is 0.172. The molecule has 3 aliphatic rings. The van der Waals surface area contributed by atoms with Gasteiger partial charge in [0.2, 0.25) is 0 Å². The third-order valence-corrected chi connectivity index (χ3v) is 6.23. The summed E-state index contributed by atoms with van der Waals surface area (Å²) < 4.78 is 6.62. The van der Waals surface area contributed by atoms with E-state index in [-0.39, 0.29) is 5.60 Å². The Kier molecular flexibility index (Phi) is 5.61. The van der Waals surface area contributed by atoms with Crippen LogP contribution in [0.3, 0.4) is 0 Å². The monoisotopic (exact) mass is 293 g/mol. The van der Waals surface area contributed by atoms with Gasteiger partial charge in [0.05, 0.1) is 12.2 Å². The first kappa shape index (κ1) is 15.8. The van der Waals surface area contributed by atoms with E-state index in [9.17, 15) is 0 Å². The Morgan fingerprint density at radius 3 is 2.24 bits per heavy atom. The quantitative estimate of drug-likeness (QED) is 0.736. The molecule has 2 nitrogen and oxygen atoms in total. The molecule has 1 N–H and O–H groups in total. The minimum absolute atomic E-state index is 0.172. The maximum atomic E-state index is 6.62. The van der Waals surface area contributed by atoms with Crippen molar-refractivity contribution < 1.29 is 4.74 Å². The Bertz CT molecular complexity index is 299. The van der Waals surface area contributed by atoms with Crippen molar-refractivity contribution in [1.29, 1.82) is 0 Å². The number of rotatable bonds is 7. The molecule has 2 heteroatoms. The van der Waals surface area contributed by atoms with Crippen molar-refractivity contribution in [3.8, 4) is 0 Å². The third-order valence-electron chi connectivity index (χ3n) is 6.23. The maximum Gasteiger partial charge on any atom is 0.0806 e. The Hall–Kier alpha value is -0.0800. The Labute approximate surface area is 131 Å². The van der Waals surface area contributed by atoms with Crippen LogP contribution in [0.4, 0.5) is 0 Å². The van der Waals surface area contributed by atoms with E-state index in [2.05, 4.69) is 12.2 Å². The van der Waals surface area contributed by atoms with Gasteiger partial charge in [0.25, 0.3) is 0 Å². The summed E-state index contributed by atoms with van der Waals surface area (Å²) in [5, 5.41) is 3.76. The zero-order chi connectivity index (χ0) is 14.5. The molecule has 0 bridgehead atoms. The van der Waals surface area contributed by atoms with Gasteiger partial charge in [-0.3, -0.25) is 0 Å². The summed E-state index contributed by atoms with van der Waals surface area (Å²) in [4.78, 5) is 0. The summed E-state index contributed by atoms with van der Waals surface area (Å²) in [6.45, 7) is 4.49. The molecule has 122 valence electrons. The van der Waals surface area contributed by atoms with E-state index in [4.69, 9.17) is 4.74 Å². The van der Waals surface area contributed by atoms with Gasteiger partial charge in [-0.1, -0.05) is 32.6 Å². The number of ether oxygens (including phenoxy) is 1. The second-order valence-corrected chi connectivity index (χ2v) is 8.00. The van der Waals surface area contributed by atoms with Crippen LogP contribution >= 0.6 is 0 Å². The van der Waals surface area contributed by atoms with E-state index in [1.165, 1.54) is 77.0 Å². The Morgan fingerprint density at radius 2 is 1.62 bits per heavy atom. The molecule has 0 aromatic carbocycles. The summed E-state index contributed by atoms with van der Waals surface area (Å²) >= 11 is 0. The van der Waals surface area contributed by atoms with Crippen LogP contribution in [0.5, 0.6) is 0 Å². The highest BCUT2D eigenvalue weighted by molar-refractivity contribution is 4.92. The predicted octanol–water partition coefficient (Wildman–Crippen LogP) is 4.67. The zero-order valence-electron chi connectivity index (χ0n) is 14.0. The van der Waals surface area contributed by atoms with Crippen LogP contribution in [0.1, 0.15) is 84.0 Å². The van der Waals surface area contributed by atoms with Gasteiger partial charge in [0.1, 0.15) is 0 Å². The van der Waals surface area contributed by atoms with E-state index in [0.717, 1.165) is 31.0 Å². The smallest absolute Gasteiger partial charge is 0.0806 e. The first-order valence-electron chi connectivity index (χ1n) is 9.67. The average molecular weight is 293 g/mol. The number of hydrogen-bond donors (Lipinski definition) is 1. The molecular weight excluding hydrogens is 258 g/mol. The topological polar surface area (TPSA) is 21.3 Å². The molecule has 0 spiro atoms. The summed E-state index contributed by atoms with van der Waals surface area (Å²) in [6, 6.07) is 0.809. The second kappa shape index (κ2) is 7.46. The van der Waals surface area contributed by atoms with Crippen LogP contribution in [-0.2, 0) is 4.74 Å². The number of nitrogens with one attached hydrogen (secondary N) is 1. The lowest BCUT2D eigenvalue weighted by Gasteiger charge is -2.41. The fraction of sp³-hybridized carbons (Fsp3) is 1.00. The van der Waals surface area contributed by atoms with Gasteiger partial charge in [-0.15, -0.1) is 0 Å². The molecule has 0 amide bonds. The van der Waals surface area contributed by atoms with Crippen molar-refractivity contribution in [3.63, 3.8) is 0 Å². The zero-order valence-corrected chi connectivity index (χ0v) is 14.0. The summed E-state index contributed by atoms with van der Waals surface area (Å²) in [6.07, 6.45) is 16.6. The van der Waals surface area contributed by atoms with Gasteiger partial charge in [-0.05, 0) is 63.2 Å². The van der Waals surface area contributed by atoms with E-state index in [0.29, 0.717) is 0 Å². The Morgan fingerprint density at radius 1 is 0.905 bits per heavy atom. The molecular formula is C19H35NO. The van der Waals surface area contributed by atoms with Crippen LogP contribution in [-0.4, -0.2) is 24.8 Å². The predicted molar refractivity (Wildman–Crippen MR) is 88.5 cm³/mol. The molecule has 0 heterocycles. The van der Waals surface area contributed by atoms with Gasteiger partial charge in [0.15, 0.2) is 0 Å². The molecule has 3 aliphatic carbocycles. The van der Waals surface area contributed by atoms with Crippen LogP contribution < -0.4 is 5.32 Å². The van der Waals surface area contributed by atoms with Gasteiger partial charge in [0, 0.05) is 12.6 Å². The molecule has 3 fully saturated rings. The SMILES string of the molecule is CCC1CCC(CNC2CC2)(OCC2CCCCC2)CC1. The standard InChI is InChI=1S/C19H35NO/c1-2-16-10-12-19(13-11-16,15-20-18-8-9-18)21-14-17-6-4-3-5-7-17/h16-18,20H,2-15H2,1H3. The molecule has 3 rings (SSSR count). The van der Waals surface area contributed by atoms with E-state index in [1.807, 2.05) is 0 Å². The normalized spacial score (nSPS) is 35.0. The highest BCUT2D eigenvalue weighted by atomic mass is 16.5. The van der Waals surface area contributed by atoms with Gasteiger partial charge >= 0.3 is 0 Å². The highest BCUT2D eigenvalue weighted by Crippen LogP contribution is 2.37. The molecule has 0 aromatic heterocycles. The molecule has 3 saturated carbocycles. The molecule has 0 saturated heterocycles. The van der Waals surface area contributed by atoms with Gasteiger partial charge < -0.3 is 10.1 Å². The summed E-state index contributed by atoms with van der Waals surface area (Å²) in [5.74, 6) is 1.80. The highest BCUT2D eigenvalue weighted by Gasteiger charge is 2.37. The lowest BCUT2D eigenvalue weighted by Crippen LogP contribution is -2.47. The van der Waals surface area contributed by atoms with Crippen molar-refractivity contribution in [3.05, 3.63) is 0 Å². The van der Waals surface area contributed by atoms with Crippen molar-refractivity contribution in [2.75, 3.05) is 13.2 Å². The molecule has 0 radical (unpaired) electrons. The molecule has 0 aromatic rings. The molecule has 21 heavy (non-hydrogen) atoms. The molecule has 0 aliphatic heterocycles. The first-order chi connectivity index (χ1) is 10.3. The van der Waals surface area contributed by atoms with Crippen molar-refractivity contribution in [2.45, 2.75) is 95.6 Å². The average Bonchev–Trinajstić information content (AvgIpc) is 3.37.